The van der Waals surface area contributed by atoms with Crippen LogP contribution in [0.25, 0.3) is 10.9 Å². The second-order valence-electron chi connectivity index (χ2n) is 3.97. The third-order valence-electron chi connectivity index (χ3n) is 3.04. The van der Waals surface area contributed by atoms with Gasteiger partial charge in [0.25, 0.3) is 0 Å². The lowest BCUT2D eigenvalue weighted by Gasteiger charge is -2.10. The molecule has 1 aromatic carbocycles. The van der Waals surface area contributed by atoms with E-state index in [1.807, 2.05) is 6.20 Å². The monoisotopic (exact) mass is 186 g/mol. The van der Waals surface area contributed by atoms with Crippen LogP contribution in [-0.4, -0.2) is 11.5 Å². The SMILES string of the molecule is c1cc2ccc([C@@H]3CCCN3)cc2[nH]1. The molecule has 0 spiro atoms. The van der Waals surface area contributed by atoms with Gasteiger partial charge >= 0.3 is 0 Å². The Morgan fingerprint density at radius 3 is 3.07 bits per heavy atom. The van der Waals surface area contributed by atoms with Gasteiger partial charge in [0, 0.05) is 17.8 Å². The number of hydrogen-bond donors (Lipinski definition) is 2. The van der Waals surface area contributed by atoms with E-state index in [4.69, 9.17) is 0 Å². The van der Waals surface area contributed by atoms with Crippen molar-refractivity contribution >= 4 is 10.9 Å². The zero-order valence-corrected chi connectivity index (χ0v) is 8.09. The van der Waals surface area contributed by atoms with E-state index in [-0.39, 0.29) is 0 Å². The Morgan fingerprint density at radius 2 is 2.21 bits per heavy atom. The van der Waals surface area contributed by atoms with E-state index in [1.54, 1.807) is 0 Å². The summed E-state index contributed by atoms with van der Waals surface area (Å²) in [5.74, 6) is 0. The fourth-order valence-corrected chi connectivity index (χ4v) is 2.25. The number of aromatic nitrogens is 1. The molecule has 0 aliphatic carbocycles. The van der Waals surface area contributed by atoms with Crippen molar-refractivity contribution in [2.45, 2.75) is 18.9 Å². The lowest BCUT2D eigenvalue weighted by Crippen LogP contribution is -2.12. The van der Waals surface area contributed by atoms with Crippen LogP contribution in [-0.2, 0) is 0 Å². The molecule has 0 amide bonds. The summed E-state index contributed by atoms with van der Waals surface area (Å²) < 4.78 is 0. The number of benzene rings is 1. The molecule has 2 heterocycles. The van der Waals surface area contributed by atoms with E-state index in [1.165, 1.54) is 29.3 Å². The molecule has 0 saturated carbocycles. The highest BCUT2D eigenvalue weighted by Gasteiger charge is 2.15. The van der Waals surface area contributed by atoms with Crippen LogP contribution in [0.4, 0.5) is 0 Å². The number of aromatic amines is 1. The quantitative estimate of drug-likeness (QED) is 0.704. The standard InChI is InChI=1S/C12H14N2/c1-2-11(13-6-1)10-4-3-9-5-7-14-12(9)8-10/h3-5,7-8,11,13-14H,1-2,6H2/t11-/m0/s1. The predicted octanol–water partition coefficient (Wildman–Crippen LogP) is 2.59. The van der Waals surface area contributed by atoms with Crippen LogP contribution in [0, 0.1) is 0 Å². The number of H-pyrrole nitrogens is 1. The first kappa shape index (κ1) is 8.06. The summed E-state index contributed by atoms with van der Waals surface area (Å²) in [6.45, 7) is 1.16. The molecule has 1 aromatic heterocycles. The molecular formula is C12H14N2. The summed E-state index contributed by atoms with van der Waals surface area (Å²) in [4.78, 5) is 3.26. The zero-order chi connectivity index (χ0) is 9.38. The fourth-order valence-electron chi connectivity index (χ4n) is 2.25. The first-order valence-corrected chi connectivity index (χ1v) is 5.24. The van der Waals surface area contributed by atoms with Crippen molar-refractivity contribution in [2.75, 3.05) is 6.54 Å². The van der Waals surface area contributed by atoms with Crippen molar-refractivity contribution in [1.82, 2.24) is 10.3 Å². The largest absolute Gasteiger partial charge is 0.361 e. The van der Waals surface area contributed by atoms with Gasteiger partial charge in [0.1, 0.15) is 0 Å². The van der Waals surface area contributed by atoms with Crippen LogP contribution >= 0.6 is 0 Å². The molecule has 2 heteroatoms. The van der Waals surface area contributed by atoms with E-state index in [9.17, 15) is 0 Å². The number of nitrogens with one attached hydrogen (secondary N) is 2. The summed E-state index contributed by atoms with van der Waals surface area (Å²) >= 11 is 0. The Morgan fingerprint density at radius 1 is 1.21 bits per heavy atom. The lowest BCUT2D eigenvalue weighted by atomic mass is 10.0. The van der Waals surface area contributed by atoms with Crippen LogP contribution in [0.15, 0.2) is 30.5 Å². The van der Waals surface area contributed by atoms with Gasteiger partial charge in [0.2, 0.25) is 0 Å². The average molecular weight is 186 g/mol. The number of fused-ring (bicyclic) bond motifs is 1. The van der Waals surface area contributed by atoms with Crippen molar-refractivity contribution in [3.8, 4) is 0 Å². The molecule has 2 aromatic rings. The van der Waals surface area contributed by atoms with Crippen LogP contribution in [0.2, 0.25) is 0 Å². The average Bonchev–Trinajstić information content (AvgIpc) is 2.88. The highest BCUT2D eigenvalue weighted by atomic mass is 14.9. The van der Waals surface area contributed by atoms with E-state index in [2.05, 4.69) is 34.6 Å². The van der Waals surface area contributed by atoms with Gasteiger partial charge in [0.05, 0.1) is 0 Å². The molecule has 2 nitrogen and oxygen atoms in total. The zero-order valence-electron chi connectivity index (χ0n) is 8.09. The summed E-state index contributed by atoms with van der Waals surface area (Å²) in [5.41, 5.74) is 2.66. The van der Waals surface area contributed by atoms with Gasteiger partial charge in [-0.25, -0.2) is 0 Å². The molecule has 1 saturated heterocycles. The third-order valence-corrected chi connectivity index (χ3v) is 3.04. The molecule has 14 heavy (non-hydrogen) atoms. The Hall–Kier alpha value is -1.28. The Bertz CT molecular complexity index is 438. The molecule has 3 rings (SSSR count). The maximum atomic E-state index is 3.52. The molecule has 1 aliphatic heterocycles. The molecule has 0 bridgehead atoms. The van der Waals surface area contributed by atoms with E-state index in [0.29, 0.717) is 6.04 Å². The Labute approximate surface area is 83.3 Å². The normalized spacial score (nSPS) is 21.9. The van der Waals surface area contributed by atoms with E-state index in [0.717, 1.165) is 6.54 Å². The third kappa shape index (κ3) is 1.23. The molecule has 1 aliphatic rings. The maximum Gasteiger partial charge on any atom is 0.0457 e. The minimum atomic E-state index is 0.572. The van der Waals surface area contributed by atoms with Gasteiger partial charge in [-0.2, -0.15) is 0 Å². The molecule has 2 N–H and O–H groups in total. The summed E-state index contributed by atoms with van der Waals surface area (Å²) in [7, 11) is 0. The molecule has 0 unspecified atom stereocenters. The van der Waals surface area contributed by atoms with Gasteiger partial charge in [-0.15, -0.1) is 0 Å². The van der Waals surface area contributed by atoms with E-state index < -0.39 is 0 Å². The first-order chi connectivity index (χ1) is 6.93. The van der Waals surface area contributed by atoms with Crippen molar-refractivity contribution in [1.29, 1.82) is 0 Å². The topological polar surface area (TPSA) is 27.8 Å². The molecule has 1 atom stereocenters. The second-order valence-corrected chi connectivity index (χ2v) is 3.97. The maximum absolute atomic E-state index is 3.52. The second kappa shape index (κ2) is 3.14. The van der Waals surface area contributed by atoms with Gasteiger partial charge in [0.15, 0.2) is 0 Å². The molecule has 1 fully saturated rings. The highest BCUT2D eigenvalue weighted by molar-refractivity contribution is 5.79. The molecule has 0 radical (unpaired) electrons. The predicted molar refractivity (Wildman–Crippen MR) is 58.3 cm³/mol. The smallest absolute Gasteiger partial charge is 0.0457 e. The van der Waals surface area contributed by atoms with Gasteiger partial charge in [-0.1, -0.05) is 12.1 Å². The minimum Gasteiger partial charge on any atom is -0.361 e. The van der Waals surface area contributed by atoms with Crippen LogP contribution < -0.4 is 5.32 Å². The van der Waals surface area contributed by atoms with Crippen molar-refractivity contribution in [2.24, 2.45) is 0 Å². The summed E-state index contributed by atoms with van der Waals surface area (Å²) in [6, 6.07) is 9.38. The van der Waals surface area contributed by atoms with Crippen molar-refractivity contribution in [3.63, 3.8) is 0 Å². The van der Waals surface area contributed by atoms with Crippen LogP contribution in [0.3, 0.4) is 0 Å². The van der Waals surface area contributed by atoms with Crippen molar-refractivity contribution < 1.29 is 0 Å². The van der Waals surface area contributed by atoms with Gasteiger partial charge in [-0.3, -0.25) is 0 Å². The lowest BCUT2D eigenvalue weighted by molar-refractivity contribution is 0.648. The van der Waals surface area contributed by atoms with Gasteiger partial charge < -0.3 is 10.3 Å². The van der Waals surface area contributed by atoms with Crippen LogP contribution in [0.1, 0.15) is 24.4 Å². The Kier molecular flexibility index (Phi) is 1.81. The van der Waals surface area contributed by atoms with E-state index >= 15 is 0 Å². The molecular weight excluding hydrogens is 172 g/mol. The first-order valence-electron chi connectivity index (χ1n) is 5.24. The number of hydrogen-bond acceptors (Lipinski definition) is 1. The minimum absolute atomic E-state index is 0.572. The highest BCUT2D eigenvalue weighted by Crippen LogP contribution is 2.25. The van der Waals surface area contributed by atoms with Crippen molar-refractivity contribution in [3.05, 3.63) is 36.0 Å². The number of rotatable bonds is 1. The fraction of sp³-hybridized carbons (Fsp3) is 0.333. The molecule has 72 valence electrons. The van der Waals surface area contributed by atoms with Gasteiger partial charge in [-0.05, 0) is 42.5 Å². The summed E-state index contributed by atoms with van der Waals surface area (Å²) in [6.07, 6.45) is 4.57. The Balaban J connectivity index is 2.04. The van der Waals surface area contributed by atoms with Crippen LogP contribution in [0.5, 0.6) is 0 Å². The summed E-state index contributed by atoms with van der Waals surface area (Å²) in [5, 5.41) is 4.81.